The summed E-state index contributed by atoms with van der Waals surface area (Å²) in [6.45, 7) is -0.466. The summed E-state index contributed by atoms with van der Waals surface area (Å²) in [4.78, 5) is 23.5. The molecule has 1 saturated heterocycles. The Kier molecular flexibility index (Phi) is 6.76. The van der Waals surface area contributed by atoms with E-state index in [0.717, 1.165) is 25.7 Å². The standard InChI is InChI=1S/C18H24ClN8O7P/c19-18-21-15(20-8-3-1-2-4-8)10-6-5-9(27(10)24-18)14-13(29)12(28)11(34-14)7-33-17(35(30,31)32)16-22-25-26-23-16/h5-6,8,11-14,17,28-29H,1-4,7H2,(H,20,21,24)(H2,30,31,32)(H,22,23,25,26)/t11-,12-,13-,14?,17?/m1/s1. The van der Waals surface area contributed by atoms with Crippen LogP contribution in [0.15, 0.2) is 12.1 Å². The number of anilines is 1. The van der Waals surface area contributed by atoms with Crippen molar-refractivity contribution in [2.45, 2.75) is 62.0 Å². The Bertz CT molecular complexity index is 1220. The van der Waals surface area contributed by atoms with Gasteiger partial charge in [-0.05, 0) is 36.6 Å². The molecule has 15 nitrogen and oxygen atoms in total. The lowest BCUT2D eigenvalue weighted by Crippen LogP contribution is -2.34. The number of nitrogens with one attached hydrogen (secondary N) is 2. The number of aliphatic hydroxyl groups is 2. The zero-order valence-corrected chi connectivity index (χ0v) is 19.8. The number of H-pyrrole nitrogens is 1. The van der Waals surface area contributed by atoms with Crippen LogP contribution in [0.5, 0.6) is 0 Å². The molecule has 0 radical (unpaired) electrons. The Balaban J connectivity index is 1.36. The maximum Gasteiger partial charge on any atom is 0.362 e. The lowest BCUT2D eigenvalue weighted by atomic mass is 10.1. The molecule has 1 aliphatic carbocycles. The van der Waals surface area contributed by atoms with Gasteiger partial charge in [0, 0.05) is 6.04 Å². The van der Waals surface area contributed by atoms with Crippen molar-refractivity contribution in [1.29, 1.82) is 0 Å². The van der Waals surface area contributed by atoms with E-state index in [-0.39, 0.29) is 17.1 Å². The number of ether oxygens (including phenoxy) is 2. The molecule has 0 aromatic carbocycles. The van der Waals surface area contributed by atoms with Crippen LogP contribution in [0.1, 0.15) is 49.2 Å². The van der Waals surface area contributed by atoms with E-state index in [4.69, 9.17) is 21.1 Å². The molecule has 17 heteroatoms. The number of halogens is 1. The smallest absolute Gasteiger partial charge is 0.362 e. The van der Waals surface area contributed by atoms with Crippen LogP contribution in [0.4, 0.5) is 5.82 Å². The van der Waals surface area contributed by atoms with Crippen molar-refractivity contribution >= 4 is 30.5 Å². The first-order valence-electron chi connectivity index (χ1n) is 11.0. The van der Waals surface area contributed by atoms with Crippen LogP contribution in [-0.4, -0.2) is 86.2 Å². The molecule has 190 valence electrons. The van der Waals surface area contributed by atoms with Crippen LogP contribution in [-0.2, 0) is 14.0 Å². The predicted octanol–water partition coefficient (Wildman–Crippen LogP) is 0.305. The lowest BCUT2D eigenvalue weighted by molar-refractivity contribution is -0.0577. The number of aromatic nitrogens is 7. The Morgan fingerprint density at radius 1 is 1.29 bits per heavy atom. The molecule has 1 aliphatic heterocycles. The molecule has 1 saturated carbocycles. The highest BCUT2D eigenvalue weighted by Crippen LogP contribution is 2.51. The summed E-state index contributed by atoms with van der Waals surface area (Å²) in [6.07, 6.45) is -0.601. The van der Waals surface area contributed by atoms with Gasteiger partial charge in [0.1, 0.15) is 29.9 Å². The van der Waals surface area contributed by atoms with E-state index in [0.29, 0.717) is 17.0 Å². The van der Waals surface area contributed by atoms with Gasteiger partial charge in [-0.3, -0.25) is 4.57 Å². The highest BCUT2D eigenvalue weighted by atomic mass is 35.5. The molecule has 35 heavy (non-hydrogen) atoms. The van der Waals surface area contributed by atoms with Crippen molar-refractivity contribution in [3.05, 3.63) is 28.9 Å². The SMILES string of the molecule is O=P(O)(O)C(OC[C@H]1OC(c2ccc3c(NC4CCCC4)nc(Cl)nn23)[C@H](O)[C@@H]1O)c1nn[nH]n1. The molecule has 3 aromatic rings. The maximum atomic E-state index is 11.8. The van der Waals surface area contributed by atoms with E-state index in [1.165, 1.54) is 4.52 Å². The summed E-state index contributed by atoms with van der Waals surface area (Å²) in [5, 5.41) is 41.4. The highest BCUT2D eigenvalue weighted by molar-refractivity contribution is 7.51. The Morgan fingerprint density at radius 3 is 2.74 bits per heavy atom. The fourth-order valence-electron chi connectivity index (χ4n) is 4.49. The van der Waals surface area contributed by atoms with E-state index in [1.807, 2.05) is 0 Å². The number of nitrogens with zero attached hydrogens (tertiary/aromatic N) is 6. The number of hydrogen-bond donors (Lipinski definition) is 6. The molecule has 2 aliphatic rings. The number of fused-ring (bicyclic) bond motifs is 1. The van der Waals surface area contributed by atoms with Crippen LogP contribution in [0, 0.1) is 0 Å². The molecule has 3 aromatic heterocycles. The maximum absolute atomic E-state index is 11.8. The zero-order valence-electron chi connectivity index (χ0n) is 18.2. The molecule has 0 spiro atoms. The van der Waals surface area contributed by atoms with Gasteiger partial charge in [-0.2, -0.15) is 10.2 Å². The molecule has 0 amide bonds. The molecule has 5 atom stereocenters. The number of rotatable bonds is 8. The van der Waals surface area contributed by atoms with E-state index in [2.05, 4.69) is 36.0 Å². The van der Waals surface area contributed by atoms with E-state index >= 15 is 0 Å². The first-order valence-corrected chi connectivity index (χ1v) is 13.0. The topological polar surface area (TPSA) is 213 Å². The minimum absolute atomic E-state index is 0.00652. The molecule has 2 fully saturated rings. The van der Waals surface area contributed by atoms with E-state index in [9.17, 15) is 24.6 Å². The minimum atomic E-state index is -4.83. The van der Waals surface area contributed by atoms with Crippen LogP contribution in [0.3, 0.4) is 0 Å². The fraction of sp³-hybridized carbons (Fsp3) is 0.611. The Morgan fingerprint density at radius 2 is 2.06 bits per heavy atom. The normalized spacial score (nSPS) is 26.5. The van der Waals surface area contributed by atoms with Crippen molar-refractivity contribution in [2.75, 3.05) is 11.9 Å². The summed E-state index contributed by atoms with van der Waals surface area (Å²) in [6, 6.07) is 3.72. The first-order chi connectivity index (χ1) is 16.7. The summed E-state index contributed by atoms with van der Waals surface area (Å²) in [5.41, 5.74) is 1.04. The van der Waals surface area contributed by atoms with Crippen molar-refractivity contribution in [1.82, 2.24) is 35.2 Å². The fourth-order valence-corrected chi connectivity index (χ4v) is 5.34. The second-order valence-corrected chi connectivity index (χ2v) is 10.5. The van der Waals surface area contributed by atoms with Gasteiger partial charge in [0.2, 0.25) is 17.0 Å². The van der Waals surface area contributed by atoms with Crippen LogP contribution in [0.2, 0.25) is 5.28 Å². The molecule has 2 unspecified atom stereocenters. The predicted molar refractivity (Wildman–Crippen MR) is 118 cm³/mol. The quantitative estimate of drug-likeness (QED) is 0.216. The van der Waals surface area contributed by atoms with Gasteiger partial charge in [-0.25, -0.2) is 4.52 Å². The average molecular weight is 531 g/mol. The largest absolute Gasteiger partial charge is 0.387 e. The zero-order chi connectivity index (χ0) is 24.7. The molecular weight excluding hydrogens is 507 g/mol. The van der Waals surface area contributed by atoms with E-state index < -0.39 is 44.5 Å². The molecule has 0 bridgehead atoms. The molecule has 5 rings (SSSR count). The van der Waals surface area contributed by atoms with Crippen molar-refractivity contribution in [3.63, 3.8) is 0 Å². The number of tetrazole rings is 1. The highest BCUT2D eigenvalue weighted by Gasteiger charge is 2.46. The van der Waals surface area contributed by atoms with E-state index in [1.54, 1.807) is 12.1 Å². The number of aromatic amines is 1. The molecule has 6 N–H and O–H groups in total. The second-order valence-electron chi connectivity index (χ2n) is 8.53. The summed E-state index contributed by atoms with van der Waals surface area (Å²) in [7, 11) is -4.83. The van der Waals surface area contributed by atoms with Crippen LogP contribution < -0.4 is 5.32 Å². The van der Waals surface area contributed by atoms with Gasteiger partial charge < -0.3 is 34.8 Å². The van der Waals surface area contributed by atoms with Gasteiger partial charge in [-0.15, -0.1) is 15.3 Å². The van der Waals surface area contributed by atoms with Gasteiger partial charge in [0.15, 0.2) is 5.82 Å². The van der Waals surface area contributed by atoms with Gasteiger partial charge in [0.05, 0.1) is 12.3 Å². The van der Waals surface area contributed by atoms with Gasteiger partial charge >= 0.3 is 7.60 Å². The van der Waals surface area contributed by atoms with Crippen LogP contribution >= 0.6 is 19.2 Å². The third-order valence-corrected chi connectivity index (χ3v) is 7.32. The first kappa shape index (κ1) is 24.5. The third kappa shape index (κ3) is 4.90. The Hall–Kier alpha value is -2.23. The number of aliphatic hydroxyl groups excluding tert-OH is 2. The monoisotopic (exact) mass is 530 g/mol. The van der Waals surface area contributed by atoms with Crippen LogP contribution in [0.25, 0.3) is 5.52 Å². The molecule has 4 heterocycles. The summed E-state index contributed by atoms with van der Waals surface area (Å²) in [5.74, 6) is -1.62. The lowest BCUT2D eigenvalue weighted by Gasteiger charge is -2.20. The van der Waals surface area contributed by atoms with Crippen molar-refractivity contribution < 1.29 is 34.0 Å². The van der Waals surface area contributed by atoms with Crippen molar-refractivity contribution in [3.8, 4) is 0 Å². The second kappa shape index (κ2) is 9.67. The van der Waals surface area contributed by atoms with Gasteiger partial charge in [0.25, 0.3) is 0 Å². The van der Waals surface area contributed by atoms with Gasteiger partial charge in [-0.1, -0.05) is 18.1 Å². The molecular formula is C18H24ClN8O7P. The van der Waals surface area contributed by atoms with Crippen molar-refractivity contribution in [2.24, 2.45) is 0 Å². The Labute approximate surface area is 203 Å². The third-order valence-electron chi connectivity index (χ3n) is 6.17. The minimum Gasteiger partial charge on any atom is -0.387 e. The number of hydrogen-bond acceptors (Lipinski definition) is 11. The summed E-state index contributed by atoms with van der Waals surface area (Å²) >= 11 is 6.17. The average Bonchev–Trinajstić information content (AvgIpc) is 3.59. The summed E-state index contributed by atoms with van der Waals surface area (Å²) < 4.78 is 24.5.